The van der Waals surface area contributed by atoms with Crippen LogP contribution in [0.5, 0.6) is 5.75 Å². The fraction of sp³-hybridized carbons (Fsp3) is 0.324. The lowest BCUT2D eigenvalue weighted by Crippen LogP contribution is -2.42. The van der Waals surface area contributed by atoms with Crippen LogP contribution in [0.1, 0.15) is 59.3 Å². The van der Waals surface area contributed by atoms with Gasteiger partial charge in [0.2, 0.25) is 0 Å². The number of hydrogen-bond donors (Lipinski definition) is 1. The molecule has 214 valence electrons. The first-order chi connectivity index (χ1) is 19.8. The van der Waals surface area contributed by atoms with Gasteiger partial charge in [-0.25, -0.2) is 4.98 Å². The number of ether oxygens (including phenoxy) is 1. The van der Waals surface area contributed by atoms with Crippen LogP contribution in [0.2, 0.25) is 0 Å². The van der Waals surface area contributed by atoms with Gasteiger partial charge in [0.1, 0.15) is 11.6 Å². The van der Waals surface area contributed by atoms with E-state index in [1.54, 1.807) is 11.7 Å². The Kier molecular flexibility index (Phi) is 9.73. The van der Waals surface area contributed by atoms with Crippen LogP contribution < -0.4 is 16.0 Å². The van der Waals surface area contributed by atoms with E-state index in [-0.39, 0.29) is 17.4 Å². The summed E-state index contributed by atoms with van der Waals surface area (Å²) in [5, 5.41) is 0. The molecule has 7 nitrogen and oxygen atoms in total. The first-order valence-electron chi connectivity index (χ1n) is 14.1. The van der Waals surface area contributed by atoms with Gasteiger partial charge in [0.25, 0.3) is 11.5 Å². The molecule has 0 aliphatic carbocycles. The van der Waals surface area contributed by atoms with E-state index >= 15 is 0 Å². The molecule has 1 unspecified atom stereocenters. The number of methoxy groups -OCH3 is 1. The first-order valence-corrected chi connectivity index (χ1v) is 14.1. The monoisotopic (exact) mass is 552 g/mol. The van der Waals surface area contributed by atoms with Gasteiger partial charge in [-0.2, -0.15) is 0 Å². The minimum atomic E-state index is -0.461. The SMILES string of the molecule is COc1ccccc1-c1c(C)nc(C(C(C)C)N(CCCN)C(=O)c2ccc(C)cc2)n(Cc2ccccc2)c1=O. The van der Waals surface area contributed by atoms with Crippen LogP contribution in [-0.2, 0) is 6.54 Å². The minimum Gasteiger partial charge on any atom is -0.496 e. The second kappa shape index (κ2) is 13.4. The highest BCUT2D eigenvalue weighted by Crippen LogP contribution is 2.33. The van der Waals surface area contributed by atoms with Crippen LogP contribution >= 0.6 is 0 Å². The lowest BCUT2D eigenvalue weighted by Gasteiger charge is -2.36. The van der Waals surface area contributed by atoms with Crippen molar-refractivity contribution in [1.29, 1.82) is 0 Å². The molecule has 0 saturated heterocycles. The Morgan fingerprint density at radius 1 is 0.976 bits per heavy atom. The highest BCUT2D eigenvalue weighted by Gasteiger charge is 2.33. The maximum atomic E-state index is 14.5. The van der Waals surface area contributed by atoms with Crippen LogP contribution in [0.15, 0.2) is 83.7 Å². The van der Waals surface area contributed by atoms with Crippen molar-refractivity contribution in [1.82, 2.24) is 14.5 Å². The lowest BCUT2D eigenvalue weighted by molar-refractivity contribution is 0.0602. The number of rotatable bonds is 11. The minimum absolute atomic E-state index is 0.0346. The second-order valence-electron chi connectivity index (χ2n) is 10.7. The lowest BCUT2D eigenvalue weighted by atomic mass is 9.97. The topological polar surface area (TPSA) is 90.4 Å². The van der Waals surface area contributed by atoms with Gasteiger partial charge in [-0.05, 0) is 56.5 Å². The van der Waals surface area contributed by atoms with Gasteiger partial charge in [-0.15, -0.1) is 0 Å². The number of aromatic nitrogens is 2. The summed E-state index contributed by atoms with van der Waals surface area (Å²) in [4.78, 5) is 35.5. The number of carbonyl (C=O) groups excluding carboxylic acids is 1. The molecule has 2 N–H and O–H groups in total. The zero-order valence-electron chi connectivity index (χ0n) is 24.6. The number of aryl methyl sites for hydroxylation is 2. The standard InChI is InChI=1S/C34H40N4O3/c1-23(2)31(37(21-11-20-35)33(39)27-18-16-24(3)17-19-27)32-36-25(4)30(28-14-9-10-15-29(28)41-5)34(40)38(32)22-26-12-7-6-8-13-26/h6-10,12-19,23,31H,11,20-22,35H2,1-5H3. The van der Waals surface area contributed by atoms with Crippen LogP contribution in [0.25, 0.3) is 11.1 Å². The summed E-state index contributed by atoms with van der Waals surface area (Å²) in [6.07, 6.45) is 0.627. The molecule has 1 heterocycles. The van der Waals surface area contributed by atoms with E-state index in [4.69, 9.17) is 15.5 Å². The van der Waals surface area contributed by atoms with Crippen LogP contribution in [-0.4, -0.2) is 40.6 Å². The zero-order chi connectivity index (χ0) is 29.5. The number of hydrogen-bond acceptors (Lipinski definition) is 5. The molecule has 4 rings (SSSR count). The van der Waals surface area contributed by atoms with Crippen molar-refractivity contribution in [2.75, 3.05) is 20.2 Å². The molecule has 1 atom stereocenters. The van der Waals surface area contributed by atoms with Crippen molar-refractivity contribution in [2.24, 2.45) is 11.7 Å². The Morgan fingerprint density at radius 2 is 1.63 bits per heavy atom. The van der Waals surface area contributed by atoms with Crippen molar-refractivity contribution in [3.05, 3.63) is 117 Å². The molecule has 4 aromatic rings. The third-order valence-electron chi connectivity index (χ3n) is 7.33. The normalized spacial score (nSPS) is 11.9. The van der Waals surface area contributed by atoms with Crippen LogP contribution in [0, 0.1) is 19.8 Å². The molecule has 7 heteroatoms. The van der Waals surface area contributed by atoms with E-state index in [0.717, 1.165) is 11.1 Å². The molecule has 0 radical (unpaired) electrons. The summed E-state index contributed by atoms with van der Waals surface area (Å²) in [6, 6.07) is 24.5. The van der Waals surface area contributed by atoms with E-state index in [1.807, 2.05) is 97.6 Å². The third-order valence-corrected chi connectivity index (χ3v) is 7.33. The summed E-state index contributed by atoms with van der Waals surface area (Å²) >= 11 is 0. The highest BCUT2D eigenvalue weighted by molar-refractivity contribution is 5.94. The Morgan fingerprint density at radius 3 is 2.27 bits per heavy atom. The average molecular weight is 553 g/mol. The molecule has 1 aromatic heterocycles. The summed E-state index contributed by atoms with van der Waals surface area (Å²) in [7, 11) is 1.60. The number of nitrogens with zero attached hydrogens (tertiary/aromatic N) is 3. The predicted molar refractivity (Wildman–Crippen MR) is 164 cm³/mol. The van der Waals surface area contributed by atoms with Gasteiger partial charge in [0.15, 0.2) is 0 Å². The Hall–Kier alpha value is -4.23. The molecule has 1 amide bonds. The fourth-order valence-electron chi connectivity index (χ4n) is 5.28. The number of carbonyl (C=O) groups is 1. The van der Waals surface area contributed by atoms with Gasteiger partial charge in [0, 0.05) is 17.7 Å². The van der Waals surface area contributed by atoms with Crippen molar-refractivity contribution >= 4 is 5.91 Å². The van der Waals surface area contributed by atoms with E-state index < -0.39 is 6.04 Å². The average Bonchev–Trinajstić information content (AvgIpc) is 2.97. The van der Waals surface area contributed by atoms with Crippen LogP contribution in [0.4, 0.5) is 0 Å². The number of benzene rings is 3. The smallest absolute Gasteiger partial charge is 0.262 e. The van der Waals surface area contributed by atoms with E-state index in [1.165, 1.54) is 0 Å². The maximum Gasteiger partial charge on any atom is 0.262 e. The maximum absolute atomic E-state index is 14.5. The Labute approximate surface area is 242 Å². The number of nitrogens with two attached hydrogens (primary N) is 1. The van der Waals surface area contributed by atoms with Gasteiger partial charge < -0.3 is 15.4 Å². The highest BCUT2D eigenvalue weighted by atomic mass is 16.5. The molecule has 0 spiro atoms. The van der Waals surface area contributed by atoms with E-state index in [0.29, 0.717) is 60.0 Å². The van der Waals surface area contributed by atoms with Crippen molar-refractivity contribution < 1.29 is 9.53 Å². The molecule has 3 aromatic carbocycles. The number of amides is 1. The molecular formula is C34H40N4O3. The predicted octanol–water partition coefficient (Wildman–Crippen LogP) is 5.77. The number of para-hydroxylation sites is 1. The van der Waals surface area contributed by atoms with Crippen molar-refractivity contribution in [3.8, 4) is 16.9 Å². The second-order valence-corrected chi connectivity index (χ2v) is 10.7. The molecule has 0 aliphatic rings. The van der Waals surface area contributed by atoms with E-state index in [9.17, 15) is 9.59 Å². The Balaban J connectivity index is 1.96. The Bertz CT molecular complexity index is 1530. The van der Waals surface area contributed by atoms with Gasteiger partial charge in [-0.1, -0.05) is 80.1 Å². The largest absolute Gasteiger partial charge is 0.496 e. The molecule has 0 fully saturated rings. The molecular weight excluding hydrogens is 512 g/mol. The summed E-state index contributed by atoms with van der Waals surface area (Å²) < 4.78 is 7.34. The molecule has 0 saturated carbocycles. The van der Waals surface area contributed by atoms with Gasteiger partial charge in [-0.3, -0.25) is 14.2 Å². The molecule has 0 bridgehead atoms. The van der Waals surface area contributed by atoms with Gasteiger partial charge >= 0.3 is 0 Å². The summed E-state index contributed by atoms with van der Waals surface area (Å²) in [5.74, 6) is 1.02. The quantitative estimate of drug-likeness (QED) is 0.255. The fourth-order valence-corrected chi connectivity index (χ4v) is 5.28. The van der Waals surface area contributed by atoms with Gasteiger partial charge in [0.05, 0.1) is 31.0 Å². The summed E-state index contributed by atoms with van der Waals surface area (Å²) in [5.41, 5.74) is 10.2. The van der Waals surface area contributed by atoms with Crippen molar-refractivity contribution in [3.63, 3.8) is 0 Å². The third kappa shape index (κ3) is 6.57. The molecule has 41 heavy (non-hydrogen) atoms. The van der Waals surface area contributed by atoms with E-state index in [2.05, 4.69) is 13.8 Å². The first kappa shape index (κ1) is 29.7. The summed E-state index contributed by atoms with van der Waals surface area (Å²) in [6.45, 7) is 9.17. The van der Waals surface area contributed by atoms with Crippen LogP contribution in [0.3, 0.4) is 0 Å². The zero-order valence-corrected chi connectivity index (χ0v) is 24.6. The van der Waals surface area contributed by atoms with Crippen molar-refractivity contribution in [2.45, 2.75) is 46.7 Å². The molecule has 0 aliphatic heterocycles.